The first-order valence-electron chi connectivity index (χ1n) is 3.09. The van der Waals surface area contributed by atoms with Crippen LogP contribution < -0.4 is 5.41 Å². The minimum atomic E-state index is -1.61. The Bertz CT molecular complexity index is 212. The van der Waals surface area contributed by atoms with Crippen LogP contribution in [-0.2, 0) is 9.59 Å². The fraction of sp³-hybridized carbons (Fsp3) is 0.500. The van der Waals surface area contributed by atoms with Crippen LogP contribution in [0.3, 0.4) is 0 Å². The van der Waals surface area contributed by atoms with Crippen molar-refractivity contribution < 1.29 is 24.9 Å². The normalized spacial score (nSPS) is 12.1. The van der Waals surface area contributed by atoms with E-state index in [1.54, 1.807) is 0 Å². The molecular weight excluding hydrogens is 166 g/mol. The van der Waals surface area contributed by atoms with Crippen LogP contribution in [-0.4, -0.2) is 39.1 Å². The van der Waals surface area contributed by atoms with Gasteiger partial charge in [-0.25, -0.2) is 0 Å². The molecule has 67 valence electrons. The van der Waals surface area contributed by atoms with Crippen molar-refractivity contribution in [2.24, 2.45) is 0 Å². The van der Waals surface area contributed by atoms with Gasteiger partial charge in [0.15, 0.2) is 0 Å². The molecule has 0 heterocycles. The molecule has 0 aromatic heterocycles. The minimum Gasteiger partial charge on any atom is -0.481 e. The van der Waals surface area contributed by atoms with Crippen molar-refractivity contribution in [3.05, 3.63) is 0 Å². The van der Waals surface area contributed by atoms with Gasteiger partial charge in [-0.2, -0.15) is 5.41 Å². The summed E-state index contributed by atoms with van der Waals surface area (Å²) in [5.74, 6) is -2.63. The Hall–Kier alpha value is -1.43. The molecule has 1 radical (unpaired) electrons. The maximum absolute atomic E-state index is 9.97. The number of aliphatic hydroxyl groups excluding tert-OH is 1. The van der Waals surface area contributed by atoms with Crippen LogP contribution in [0.4, 0.5) is 0 Å². The van der Waals surface area contributed by atoms with E-state index >= 15 is 0 Å². The molecule has 3 N–H and O–H groups in total. The zero-order valence-corrected chi connectivity index (χ0v) is 6.10. The number of rotatable bonds is 5. The summed E-state index contributed by atoms with van der Waals surface area (Å²) in [7, 11) is 0. The summed E-state index contributed by atoms with van der Waals surface area (Å²) in [5, 5.41) is 33.8. The molecule has 6 nitrogen and oxygen atoms in total. The predicted molar refractivity (Wildman–Crippen MR) is 37.7 cm³/mol. The predicted octanol–water partition coefficient (Wildman–Crippen LogP) is -1.46. The number of carbonyl (C=O) groups is 2. The number of hydrogen-bond acceptors (Lipinski definition) is 3. The van der Waals surface area contributed by atoms with Gasteiger partial charge in [-0.15, -0.1) is 0 Å². The van der Waals surface area contributed by atoms with Gasteiger partial charge in [-0.1, -0.05) is 0 Å². The maximum atomic E-state index is 9.97. The summed E-state index contributed by atoms with van der Waals surface area (Å²) in [6.07, 6.45) is -3.05. The second-order valence-electron chi connectivity index (χ2n) is 2.18. The van der Waals surface area contributed by atoms with Crippen molar-refractivity contribution in [2.75, 3.05) is 0 Å². The molecule has 0 fully saturated rings. The molecular formula is C6H8NO5. The fourth-order valence-corrected chi connectivity index (χ4v) is 0.556. The first-order chi connectivity index (χ1) is 5.43. The van der Waals surface area contributed by atoms with Gasteiger partial charge in [0.25, 0.3) is 0 Å². The van der Waals surface area contributed by atoms with Gasteiger partial charge in [0, 0.05) is 0 Å². The molecule has 0 aromatic rings. The lowest BCUT2D eigenvalue weighted by Gasteiger charge is -2.05. The lowest BCUT2D eigenvalue weighted by atomic mass is 10.1. The summed E-state index contributed by atoms with van der Waals surface area (Å²) in [4.78, 5) is 19.9. The zero-order valence-electron chi connectivity index (χ0n) is 6.10. The largest absolute Gasteiger partial charge is 0.481 e. The van der Waals surface area contributed by atoms with Crippen molar-refractivity contribution in [3.63, 3.8) is 0 Å². The third-order valence-electron chi connectivity index (χ3n) is 1.08. The molecule has 0 saturated heterocycles. The molecule has 0 aliphatic rings. The SMILES string of the molecule is [N]=C(CC(=O)O)C(O)CC(=O)O. The van der Waals surface area contributed by atoms with Crippen LogP contribution in [0.5, 0.6) is 0 Å². The molecule has 6 heteroatoms. The van der Waals surface area contributed by atoms with Gasteiger partial charge in [-0.05, 0) is 0 Å². The highest BCUT2D eigenvalue weighted by molar-refractivity contribution is 6.00. The minimum absolute atomic E-state index is 0.695. The van der Waals surface area contributed by atoms with E-state index in [-0.39, 0.29) is 0 Å². The Balaban J connectivity index is 3.93. The van der Waals surface area contributed by atoms with E-state index in [0.29, 0.717) is 0 Å². The lowest BCUT2D eigenvalue weighted by molar-refractivity contribution is -0.139. The molecule has 0 spiro atoms. The van der Waals surface area contributed by atoms with E-state index in [9.17, 15) is 9.59 Å². The van der Waals surface area contributed by atoms with Crippen molar-refractivity contribution in [2.45, 2.75) is 18.9 Å². The number of aliphatic carboxylic acids is 2. The lowest BCUT2D eigenvalue weighted by Crippen LogP contribution is -2.26. The number of aliphatic hydroxyl groups is 1. The maximum Gasteiger partial charge on any atom is 0.309 e. The summed E-state index contributed by atoms with van der Waals surface area (Å²) in [5.41, 5.74) is -0.745. The second-order valence-corrected chi connectivity index (χ2v) is 2.18. The van der Waals surface area contributed by atoms with E-state index in [1.165, 1.54) is 0 Å². The molecule has 1 unspecified atom stereocenters. The second kappa shape index (κ2) is 4.45. The van der Waals surface area contributed by atoms with E-state index in [0.717, 1.165) is 0 Å². The highest BCUT2D eigenvalue weighted by atomic mass is 16.4. The van der Waals surface area contributed by atoms with Crippen LogP contribution in [0, 0.1) is 0 Å². The molecule has 0 aliphatic carbocycles. The number of carboxylic acid groups (broad SMARTS) is 2. The third kappa shape index (κ3) is 4.40. The molecule has 0 aliphatic heterocycles. The van der Waals surface area contributed by atoms with Crippen molar-refractivity contribution >= 4 is 17.7 Å². The van der Waals surface area contributed by atoms with Gasteiger partial charge in [0.05, 0.1) is 18.6 Å². The Kier molecular flexibility index (Phi) is 3.92. The first-order valence-corrected chi connectivity index (χ1v) is 3.09. The Morgan fingerprint density at radius 3 is 2.08 bits per heavy atom. The van der Waals surface area contributed by atoms with Gasteiger partial charge >= 0.3 is 11.9 Å². The van der Waals surface area contributed by atoms with Crippen LogP contribution in [0.2, 0.25) is 0 Å². The van der Waals surface area contributed by atoms with Gasteiger partial charge in [0.2, 0.25) is 0 Å². The van der Waals surface area contributed by atoms with E-state index in [4.69, 9.17) is 20.7 Å². The molecule has 0 rings (SSSR count). The third-order valence-corrected chi connectivity index (χ3v) is 1.08. The van der Waals surface area contributed by atoms with E-state index in [1.807, 2.05) is 0 Å². The van der Waals surface area contributed by atoms with Crippen LogP contribution in [0.15, 0.2) is 0 Å². The van der Waals surface area contributed by atoms with E-state index in [2.05, 4.69) is 0 Å². The van der Waals surface area contributed by atoms with Crippen molar-refractivity contribution in [3.8, 4) is 0 Å². The number of carboxylic acids is 2. The topological polar surface area (TPSA) is 117 Å². The molecule has 0 saturated carbocycles. The van der Waals surface area contributed by atoms with Crippen LogP contribution >= 0.6 is 0 Å². The van der Waals surface area contributed by atoms with Crippen LogP contribution in [0.1, 0.15) is 12.8 Å². The van der Waals surface area contributed by atoms with Gasteiger partial charge < -0.3 is 15.3 Å². The average molecular weight is 174 g/mol. The van der Waals surface area contributed by atoms with E-state index < -0.39 is 36.6 Å². The quantitative estimate of drug-likeness (QED) is 0.440. The van der Waals surface area contributed by atoms with Gasteiger partial charge in [-0.3, -0.25) is 9.59 Å². The summed E-state index contributed by atoms with van der Waals surface area (Å²) in [6.45, 7) is 0. The smallest absolute Gasteiger partial charge is 0.309 e. The Labute approximate surface area is 68.0 Å². The highest BCUT2D eigenvalue weighted by Gasteiger charge is 2.17. The molecule has 0 aromatic carbocycles. The molecule has 12 heavy (non-hydrogen) atoms. The molecule has 0 amide bonds. The Morgan fingerprint density at radius 2 is 1.75 bits per heavy atom. The zero-order chi connectivity index (χ0) is 9.72. The average Bonchev–Trinajstić information content (AvgIpc) is 1.84. The first kappa shape index (κ1) is 10.6. The monoisotopic (exact) mass is 174 g/mol. The highest BCUT2D eigenvalue weighted by Crippen LogP contribution is 1.96. The summed E-state index contributed by atoms with van der Waals surface area (Å²) >= 11 is 0. The van der Waals surface area contributed by atoms with Crippen molar-refractivity contribution in [1.82, 2.24) is 5.41 Å². The molecule has 1 atom stereocenters. The summed E-state index contributed by atoms with van der Waals surface area (Å²) in [6, 6.07) is 0. The van der Waals surface area contributed by atoms with Crippen LogP contribution in [0.25, 0.3) is 0 Å². The number of hydrogen-bond donors (Lipinski definition) is 3. The fourth-order valence-electron chi connectivity index (χ4n) is 0.556. The standard InChI is InChI=1S/C6H8NO5/c7-3(1-5(9)10)4(8)2-6(11)12/h4,8H,1-2H2,(H,9,10)(H,11,12). The van der Waals surface area contributed by atoms with Crippen molar-refractivity contribution in [1.29, 1.82) is 0 Å². The Morgan fingerprint density at radius 1 is 1.25 bits per heavy atom. The molecule has 0 bridgehead atoms. The number of nitrogens with zero attached hydrogens (tertiary/aromatic N) is 1. The summed E-state index contributed by atoms with van der Waals surface area (Å²) < 4.78 is 0. The van der Waals surface area contributed by atoms with Gasteiger partial charge in [0.1, 0.15) is 6.10 Å².